The molecule has 0 spiro atoms. The van der Waals surface area contributed by atoms with E-state index in [1.807, 2.05) is 0 Å². The van der Waals surface area contributed by atoms with E-state index in [1.165, 1.54) is 7.05 Å². The highest BCUT2D eigenvalue weighted by molar-refractivity contribution is 6.31. The Kier molecular flexibility index (Phi) is 4.85. The quantitative estimate of drug-likeness (QED) is 0.635. The molecule has 0 fully saturated rings. The zero-order chi connectivity index (χ0) is 13.7. The first-order chi connectivity index (χ1) is 8.45. The molecule has 0 radical (unpaired) electrons. The standard InChI is InChI=1S/C10H11ClFN3O3/c1-13-10(16)2-3-14-8-4-6(11)7(12)5-9(8)15(17)18/h4-5,14H,2-3H2,1H3,(H,13,16). The van der Waals surface area contributed by atoms with Crippen molar-refractivity contribution in [1.29, 1.82) is 0 Å². The number of benzene rings is 1. The molecular formula is C10H11ClFN3O3. The molecule has 0 saturated carbocycles. The van der Waals surface area contributed by atoms with Gasteiger partial charge in [-0.15, -0.1) is 0 Å². The second-order valence-electron chi connectivity index (χ2n) is 3.39. The van der Waals surface area contributed by atoms with Gasteiger partial charge in [0, 0.05) is 20.0 Å². The van der Waals surface area contributed by atoms with Crippen molar-refractivity contribution in [2.75, 3.05) is 18.9 Å². The molecule has 1 amide bonds. The number of nitrogens with zero attached hydrogens (tertiary/aromatic N) is 1. The number of halogens is 2. The molecule has 0 aliphatic carbocycles. The average Bonchev–Trinajstić information content (AvgIpc) is 2.32. The second kappa shape index (κ2) is 6.15. The summed E-state index contributed by atoms with van der Waals surface area (Å²) in [6.07, 6.45) is 0.142. The van der Waals surface area contributed by atoms with Crippen LogP contribution in [0.25, 0.3) is 0 Å². The Morgan fingerprint density at radius 2 is 2.22 bits per heavy atom. The van der Waals surface area contributed by atoms with Gasteiger partial charge in [-0.25, -0.2) is 4.39 Å². The fraction of sp³-hybridized carbons (Fsp3) is 0.300. The molecule has 98 valence electrons. The molecule has 1 rings (SSSR count). The predicted octanol–water partition coefficient (Wildman–Crippen LogP) is 1.94. The third-order valence-corrected chi connectivity index (χ3v) is 2.47. The van der Waals surface area contributed by atoms with Gasteiger partial charge in [0.15, 0.2) is 0 Å². The zero-order valence-electron chi connectivity index (χ0n) is 9.50. The number of nitro groups is 1. The molecule has 0 unspecified atom stereocenters. The van der Waals surface area contributed by atoms with Crippen molar-refractivity contribution in [2.45, 2.75) is 6.42 Å². The van der Waals surface area contributed by atoms with E-state index in [-0.39, 0.29) is 29.6 Å². The molecule has 6 nitrogen and oxygen atoms in total. The largest absolute Gasteiger partial charge is 0.379 e. The van der Waals surface area contributed by atoms with Crippen LogP contribution in [-0.4, -0.2) is 24.4 Å². The average molecular weight is 276 g/mol. The van der Waals surface area contributed by atoms with E-state index < -0.39 is 16.4 Å². The van der Waals surface area contributed by atoms with Gasteiger partial charge in [-0.2, -0.15) is 0 Å². The van der Waals surface area contributed by atoms with Crippen molar-refractivity contribution in [2.24, 2.45) is 0 Å². The Morgan fingerprint density at radius 3 is 2.78 bits per heavy atom. The molecule has 0 saturated heterocycles. The fourth-order valence-corrected chi connectivity index (χ4v) is 1.43. The number of amides is 1. The van der Waals surface area contributed by atoms with Crippen molar-refractivity contribution in [1.82, 2.24) is 5.32 Å². The fourth-order valence-electron chi connectivity index (χ4n) is 1.26. The Bertz CT molecular complexity index is 482. The van der Waals surface area contributed by atoms with Crippen LogP contribution >= 0.6 is 11.6 Å². The Hall–Kier alpha value is -1.89. The van der Waals surface area contributed by atoms with E-state index in [4.69, 9.17) is 11.6 Å². The summed E-state index contributed by atoms with van der Waals surface area (Å²) in [7, 11) is 1.49. The summed E-state index contributed by atoms with van der Waals surface area (Å²) in [5, 5.41) is 15.6. The predicted molar refractivity (Wildman–Crippen MR) is 65.2 cm³/mol. The number of hydrogen-bond acceptors (Lipinski definition) is 4. The highest BCUT2D eigenvalue weighted by atomic mass is 35.5. The van der Waals surface area contributed by atoms with E-state index in [0.29, 0.717) is 0 Å². The molecule has 0 heterocycles. The minimum atomic E-state index is -0.861. The maximum atomic E-state index is 13.1. The number of nitro benzene ring substituents is 1. The Labute approximate surface area is 107 Å². The van der Waals surface area contributed by atoms with Gasteiger partial charge in [-0.1, -0.05) is 11.6 Å². The van der Waals surface area contributed by atoms with Crippen molar-refractivity contribution in [3.63, 3.8) is 0 Å². The summed E-state index contributed by atoms with van der Waals surface area (Å²) in [5.74, 6) is -1.07. The minimum Gasteiger partial charge on any atom is -0.379 e. The Morgan fingerprint density at radius 1 is 1.56 bits per heavy atom. The van der Waals surface area contributed by atoms with Crippen LogP contribution in [0, 0.1) is 15.9 Å². The van der Waals surface area contributed by atoms with Crippen LogP contribution in [0.1, 0.15) is 6.42 Å². The maximum absolute atomic E-state index is 13.1. The maximum Gasteiger partial charge on any atom is 0.295 e. The van der Waals surface area contributed by atoms with Crippen LogP contribution in [0.4, 0.5) is 15.8 Å². The molecule has 1 aromatic carbocycles. The summed E-state index contributed by atoms with van der Waals surface area (Å²) in [6, 6.07) is 1.86. The van der Waals surface area contributed by atoms with Crippen molar-refractivity contribution < 1.29 is 14.1 Å². The second-order valence-corrected chi connectivity index (χ2v) is 3.80. The molecule has 0 bridgehead atoms. The van der Waals surface area contributed by atoms with Crippen LogP contribution < -0.4 is 10.6 Å². The molecule has 1 aromatic rings. The van der Waals surface area contributed by atoms with Gasteiger partial charge in [0.05, 0.1) is 16.0 Å². The monoisotopic (exact) mass is 275 g/mol. The van der Waals surface area contributed by atoms with Gasteiger partial charge in [0.25, 0.3) is 5.69 Å². The van der Waals surface area contributed by atoms with E-state index in [2.05, 4.69) is 10.6 Å². The van der Waals surface area contributed by atoms with Crippen LogP contribution in [-0.2, 0) is 4.79 Å². The lowest BCUT2D eigenvalue weighted by Crippen LogP contribution is -2.21. The number of carbonyl (C=O) groups is 1. The van der Waals surface area contributed by atoms with Crippen LogP contribution in [0.3, 0.4) is 0 Å². The molecular weight excluding hydrogens is 265 g/mol. The topological polar surface area (TPSA) is 84.3 Å². The molecule has 0 aromatic heterocycles. The van der Waals surface area contributed by atoms with Crippen molar-refractivity contribution >= 4 is 28.9 Å². The van der Waals surface area contributed by atoms with Crippen molar-refractivity contribution in [3.8, 4) is 0 Å². The first-order valence-corrected chi connectivity index (χ1v) is 5.41. The zero-order valence-corrected chi connectivity index (χ0v) is 10.3. The number of anilines is 1. The number of carbonyl (C=O) groups excluding carboxylic acids is 1. The van der Waals surface area contributed by atoms with Crippen LogP contribution in [0.2, 0.25) is 5.02 Å². The molecule has 0 aliphatic heterocycles. The highest BCUT2D eigenvalue weighted by Gasteiger charge is 2.17. The third-order valence-electron chi connectivity index (χ3n) is 2.18. The van der Waals surface area contributed by atoms with E-state index in [0.717, 1.165) is 12.1 Å². The van der Waals surface area contributed by atoms with Crippen molar-refractivity contribution in [3.05, 3.63) is 33.1 Å². The van der Waals surface area contributed by atoms with E-state index in [9.17, 15) is 19.3 Å². The molecule has 8 heteroatoms. The first-order valence-electron chi connectivity index (χ1n) is 5.03. The summed E-state index contributed by atoms with van der Waals surface area (Å²) in [6.45, 7) is 0.183. The summed E-state index contributed by atoms with van der Waals surface area (Å²) >= 11 is 5.54. The lowest BCUT2D eigenvalue weighted by atomic mass is 10.2. The lowest BCUT2D eigenvalue weighted by molar-refractivity contribution is -0.384. The van der Waals surface area contributed by atoms with Crippen LogP contribution in [0.5, 0.6) is 0 Å². The molecule has 0 aliphatic rings. The third kappa shape index (κ3) is 3.56. The molecule has 2 N–H and O–H groups in total. The Balaban J connectivity index is 2.83. The lowest BCUT2D eigenvalue weighted by Gasteiger charge is -2.07. The van der Waals surface area contributed by atoms with Crippen LogP contribution in [0.15, 0.2) is 12.1 Å². The van der Waals surface area contributed by atoms with Gasteiger partial charge in [0.2, 0.25) is 5.91 Å². The molecule has 18 heavy (non-hydrogen) atoms. The minimum absolute atomic E-state index is 0.0790. The van der Waals surface area contributed by atoms with Gasteiger partial charge in [-0.3, -0.25) is 14.9 Å². The number of rotatable bonds is 5. The van der Waals surface area contributed by atoms with Gasteiger partial charge < -0.3 is 10.6 Å². The van der Waals surface area contributed by atoms with E-state index in [1.54, 1.807) is 0 Å². The SMILES string of the molecule is CNC(=O)CCNc1cc(Cl)c(F)cc1[N+](=O)[O-]. The highest BCUT2D eigenvalue weighted by Crippen LogP contribution is 2.30. The number of nitrogens with one attached hydrogen (secondary N) is 2. The smallest absolute Gasteiger partial charge is 0.295 e. The summed E-state index contributed by atoms with van der Waals surface area (Å²) in [4.78, 5) is 21.0. The van der Waals surface area contributed by atoms with Gasteiger partial charge in [0.1, 0.15) is 11.5 Å². The number of hydrogen-bond donors (Lipinski definition) is 2. The molecule has 0 atom stereocenters. The van der Waals surface area contributed by atoms with Gasteiger partial charge in [-0.05, 0) is 6.07 Å². The summed E-state index contributed by atoms with van der Waals surface area (Å²) in [5.41, 5.74) is -0.343. The first kappa shape index (κ1) is 14.2. The van der Waals surface area contributed by atoms with E-state index >= 15 is 0 Å². The summed E-state index contributed by atoms with van der Waals surface area (Å²) < 4.78 is 13.1. The normalized spacial score (nSPS) is 9.94. The van der Waals surface area contributed by atoms with Gasteiger partial charge >= 0.3 is 0 Å².